The first-order chi connectivity index (χ1) is 7.40. The van der Waals surface area contributed by atoms with Gasteiger partial charge in [-0.3, -0.25) is 0 Å². The van der Waals surface area contributed by atoms with Gasteiger partial charge >= 0.3 is 0 Å². The van der Waals surface area contributed by atoms with Gasteiger partial charge in [0.05, 0.1) is 0 Å². The van der Waals surface area contributed by atoms with Crippen LogP contribution in [-0.2, 0) is 0 Å². The minimum atomic E-state index is 0.729. The van der Waals surface area contributed by atoms with Crippen molar-refractivity contribution in [3.63, 3.8) is 0 Å². The Kier molecular flexibility index (Phi) is 3.50. The highest BCUT2D eigenvalue weighted by atomic mass is 15.2. The second-order valence-electron chi connectivity index (χ2n) is 4.06. The van der Waals surface area contributed by atoms with Crippen LogP contribution in [0.5, 0.6) is 0 Å². The van der Waals surface area contributed by atoms with E-state index in [4.69, 9.17) is 0 Å². The first-order valence-corrected chi connectivity index (χ1v) is 5.56. The SMILES string of the molecule is CNCC1CCCN(c2ncccn2)C1. The van der Waals surface area contributed by atoms with Gasteiger partial charge in [0.15, 0.2) is 0 Å². The summed E-state index contributed by atoms with van der Waals surface area (Å²) in [6.07, 6.45) is 6.17. The molecule has 1 aromatic rings. The standard InChI is InChI=1S/C11H18N4/c1-12-8-10-4-2-7-15(9-10)11-13-5-3-6-14-11/h3,5-6,10,12H,2,4,7-9H2,1H3. The largest absolute Gasteiger partial charge is 0.341 e. The Morgan fingerprint density at radius 3 is 3.00 bits per heavy atom. The monoisotopic (exact) mass is 206 g/mol. The van der Waals surface area contributed by atoms with Gasteiger partial charge in [-0.2, -0.15) is 0 Å². The molecule has 0 saturated carbocycles. The zero-order chi connectivity index (χ0) is 10.5. The Hall–Kier alpha value is -1.16. The highest BCUT2D eigenvalue weighted by Crippen LogP contribution is 2.18. The summed E-state index contributed by atoms with van der Waals surface area (Å²) in [7, 11) is 2.01. The van der Waals surface area contributed by atoms with E-state index in [9.17, 15) is 0 Å². The smallest absolute Gasteiger partial charge is 0.225 e. The van der Waals surface area contributed by atoms with Crippen molar-refractivity contribution in [1.29, 1.82) is 0 Å². The number of aromatic nitrogens is 2. The first-order valence-electron chi connectivity index (χ1n) is 5.56. The minimum absolute atomic E-state index is 0.729. The van der Waals surface area contributed by atoms with Crippen LogP contribution in [0.3, 0.4) is 0 Å². The second kappa shape index (κ2) is 5.07. The zero-order valence-corrected chi connectivity index (χ0v) is 9.19. The maximum atomic E-state index is 4.29. The highest BCUT2D eigenvalue weighted by molar-refractivity contribution is 5.29. The molecular weight excluding hydrogens is 188 g/mol. The van der Waals surface area contributed by atoms with E-state index in [0.717, 1.165) is 31.5 Å². The minimum Gasteiger partial charge on any atom is -0.341 e. The summed E-state index contributed by atoms with van der Waals surface area (Å²) in [5.74, 6) is 1.60. The molecule has 15 heavy (non-hydrogen) atoms. The van der Waals surface area contributed by atoms with E-state index in [1.54, 1.807) is 0 Å². The second-order valence-corrected chi connectivity index (χ2v) is 4.06. The predicted molar refractivity (Wildman–Crippen MR) is 60.9 cm³/mol. The molecule has 4 heteroatoms. The van der Waals surface area contributed by atoms with E-state index in [-0.39, 0.29) is 0 Å². The quantitative estimate of drug-likeness (QED) is 0.798. The van der Waals surface area contributed by atoms with Crippen LogP contribution < -0.4 is 10.2 Å². The predicted octanol–water partition coefficient (Wildman–Crippen LogP) is 0.912. The van der Waals surface area contributed by atoms with Crippen molar-refractivity contribution < 1.29 is 0 Å². The Bertz CT molecular complexity index is 286. The average Bonchev–Trinajstić information content (AvgIpc) is 2.31. The van der Waals surface area contributed by atoms with Crippen LogP contribution in [-0.4, -0.2) is 36.6 Å². The molecule has 1 unspecified atom stereocenters. The molecule has 1 fully saturated rings. The lowest BCUT2D eigenvalue weighted by Crippen LogP contribution is -2.39. The van der Waals surface area contributed by atoms with E-state index in [1.165, 1.54) is 12.8 Å². The normalized spacial score (nSPS) is 21.7. The Labute approximate surface area is 90.7 Å². The Balaban J connectivity index is 1.98. The lowest BCUT2D eigenvalue weighted by Gasteiger charge is -2.32. The average molecular weight is 206 g/mol. The molecule has 1 atom stereocenters. The molecule has 82 valence electrons. The van der Waals surface area contributed by atoms with Crippen molar-refractivity contribution in [2.45, 2.75) is 12.8 Å². The van der Waals surface area contributed by atoms with Crippen molar-refractivity contribution in [1.82, 2.24) is 15.3 Å². The van der Waals surface area contributed by atoms with Crippen molar-refractivity contribution in [3.8, 4) is 0 Å². The lowest BCUT2D eigenvalue weighted by atomic mass is 9.98. The van der Waals surface area contributed by atoms with E-state index in [1.807, 2.05) is 25.5 Å². The summed E-state index contributed by atoms with van der Waals surface area (Å²) in [6, 6.07) is 1.86. The summed E-state index contributed by atoms with van der Waals surface area (Å²) in [6.45, 7) is 3.25. The van der Waals surface area contributed by atoms with Crippen molar-refractivity contribution in [3.05, 3.63) is 18.5 Å². The van der Waals surface area contributed by atoms with Gasteiger partial charge in [-0.05, 0) is 38.4 Å². The number of hydrogen-bond donors (Lipinski definition) is 1. The zero-order valence-electron chi connectivity index (χ0n) is 9.19. The molecule has 0 aliphatic carbocycles. The summed E-state index contributed by atoms with van der Waals surface area (Å²) >= 11 is 0. The van der Waals surface area contributed by atoms with Crippen LogP contribution >= 0.6 is 0 Å². The molecule has 1 aromatic heterocycles. The van der Waals surface area contributed by atoms with Crippen LogP contribution in [0.2, 0.25) is 0 Å². The molecule has 1 aliphatic rings. The third kappa shape index (κ3) is 2.65. The van der Waals surface area contributed by atoms with E-state index in [2.05, 4.69) is 20.2 Å². The van der Waals surface area contributed by atoms with Crippen LogP contribution in [0.25, 0.3) is 0 Å². The number of piperidine rings is 1. The molecule has 2 heterocycles. The lowest BCUT2D eigenvalue weighted by molar-refractivity contribution is 0.399. The maximum absolute atomic E-state index is 4.29. The topological polar surface area (TPSA) is 41.0 Å². The number of rotatable bonds is 3. The molecule has 0 spiro atoms. The Morgan fingerprint density at radius 2 is 2.27 bits per heavy atom. The molecule has 0 radical (unpaired) electrons. The van der Waals surface area contributed by atoms with Gasteiger partial charge in [0.2, 0.25) is 5.95 Å². The van der Waals surface area contributed by atoms with Gasteiger partial charge in [0.1, 0.15) is 0 Å². The first kappa shape index (κ1) is 10.4. The highest BCUT2D eigenvalue weighted by Gasteiger charge is 2.20. The van der Waals surface area contributed by atoms with E-state index >= 15 is 0 Å². The fourth-order valence-electron chi connectivity index (χ4n) is 2.16. The molecule has 1 aliphatic heterocycles. The molecular formula is C11H18N4. The molecule has 0 bridgehead atoms. The number of anilines is 1. The van der Waals surface area contributed by atoms with Crippen LogP contribution in [0, 0.1) is 5.92 Å². The van der Waals surface area contributed by atoms with Crippen molar-refractivity contribution in [2.75, 3.05) is 31.6 Å². The Morgan fingerprint density at radius 1 is 1.47 bits per heavy atom. The third-order valence-electron chi connectivity index (χ3n) is 2.85. The van der Waals surface area contributed by atoms with Gasteiger partial charge < -0.3 is 10.2 Å². The molecule has 1 saturated heterocycles. The molecule has 0 amide bonds. The maximum Gasteiger partial charge on any atom is 0.225 e. The number of nitrogens with zero attached hydrogens (tertiary/aromatic N) is 3. The molecule has 0 aromatic carbocycles. The van der Waals surface area contributed by atoms with Crippen LogP contribution in [0.4, 0.5) is 5.95 Å². The molecule has 2 rings (SSSR count). The molecule has 1 N–H and O–H groups in total. The summed E-state index contributed by atoms with van der Waals surface area (Å²) in [5, 5.41) is 3.24. The number of nitrogens with one attached hydrogen (secondary N) is 1. The van der Waals surface area contributed by atoms with Gasteiger partial charge in [-0.15, -0.1) is 0 Å². The summed E-state index contributed by atoms with van der Waals surface area (Å²) in [4.78, 5) is 10.9. The van der Waals surface area contributed by atoms with Crippen molar-refractivity contribution >= 4 is 5.95 Å². The van der Waals surface area contributed by atoms with Crippen LogP contribution in [0.15, 0.2) is 18.5 Å². The van der Waals surface area contributed by atoms with E-state index < -0.39 is 0 Å². The van der Waals surface area contributed by atoms with Gasteiger partial charge in [-0.1, -0.05) is 0 Å². The van der Waals surface area contributed by atoms with Gasteiger partial charge in [0, 0.05) is 25.5 Å². The third-order valence-corrected chi connectivity index (χ3v) is 2.85. The summed E-state index contributed by atoms with van der Waals surface area (Å²) in [5.41, 5.74) is 0. The van der Waals surface area contributed by atoms with Gasteiger partial charge in [0.25, 0.3) is 0 Å². The molecule has 4 nitrogen and oxygen atoms in total. The fourth-order valence-corrected chi connectivity index (χ4v) is 2.16. The number of hydrogen-bond acceptors (Lipinski definition) is 4. The van der Waals surface area contributed by atoms with Crippen LogP contribution in [0.1, 0.15) is 12.8 Å². The summed E-state index contributed by atoms with van der Waals surface area (Å²) < 4.78 is 0. The van der Waals surface area contributed by atoms with Gasteiger partial charge in [-0.25, -0.2) is 9.97 Å². The van der Waals surface area contributed by atoms with E-state index in [0.29, 0.717) is 0 Å². The fraction of sp³-hybridized carbons (Fsp3) is 0.636. The van der Waals surface area contributed by atoms with Crippen molar-refractivity contribution in [2.24, 2.45) is 5.92 Å².